The molecule has 0 aliphatic heterocycles. The van der Waals surface area contributed by atoms with Crippen LogP contribution in [0.5, 0.6) is 0 Å². The van der Waals surface area contributed by atoms with Crippen molar-refractivity contribution in [1.29, 1.82) is 0 Å². The smallest absolute Gasteiger partial charge is 0.0204 e. The maximum absolute atomic E-state index is 6.10. The Kier molecular flexibility index (Phi) is 15.0. The molecule has 0 aromatic rings. The number of hydrogen-bond donors (Lipinski definition) is 6. The van der Waals surface area contributed by atoms with Crippen molar-refractivity contribution in [3.05, 3.63) is 0 Å². The molecular formula is C14H36N6. The maximum Gasteiger partial charge on any atom is 0.0204 e. The summed E-state index contributed by atoms with van der Waals surface area (Å²) in [4.78, 5) is 0. The molecule has 0 spiro atoms. The van der Waals surface area contributed by atoms with Gasteiger partial charge in [-0.1, -0.05) is 0 Å². The van der Waals surface area contributed by atoms with Gasteiger partial charge in [0.1, 0.15) is 0 Å². The molecule has 6 nitrogen and oxygen atoms in total. The first kappa shape index (κ1) is 19.8. The lowest BCUT2D eigenvalue weighted by atomic mass is 10.0. The van der Waals surface area contributed by atoms with E-state index in [-0.39, 0.29) is 12.1 Å². The van der Waals surface area contributed by atoms with Crippen molar-refractivity contribution in [2.24, 2.45) is 22.9 Å². The van der Waals surface area contributed by atoms with Crippen LogP contribution in [-0.2, 0) is 0 Å². The number of nitrogens with one attached hydrogen (secondary N) is 2. The molecule has 0 radical (unpaired) electrons. The lowest BCUT2D eigenvalue weighted by Crippen LogP contribution is -2.43. The van der Waals surface area contributed by atoms with E-state index in [1.54, 1.807) is 0 Å². The second kappa shape index (κ2) is 15.2. The van der Waals surface area contributed by atoms with E-state index in [9.17, 15) is 0 Å². The predicted octanol–water partition coefficient (Wildman–Crippen LogP) is -0.922. The van der Waals surface area contributed by atoms with Gasteiger partial charge in [0, 0.05) is 12.1 Å². The molecule has 2 atom stereocenters. The summed E-state index contributed by atoms with van der Waals surface area (Å²) in [5, 5.41) is 6.73. The Labute approximate surface area is 124 Å². The average molecular weight is 288 g/mol. The standard InChI is InChI=1S/C14H36N6/c15-7-1-2-9-20-12-6-14(18)13(17)5-3-10-19-11-4-8-16/h13-14,19-20H,1-12,15-18H2. The lowest BCUT2D eigenvalue weighted by Gasteiger charge is -2.20. The normalized spacial score (nSPS) is 14.4. The van der Waals surface area contributed by atoms with Crippen molar-refractivity contribution in [3.63, 3.8) is 0 Å². The molecule has 0 aromatic carbocycles. The van der Waals surface area contributed by atoms with Crippen LogP contribution in [0.15, 0.2) is 0 Å². The first-order chi connectivity index (χ1) is 9.72. The molecule has 10 N–H and O–H groups in total. The van der Waals surface area contributed by atoms with Gasteiger partial charge in [0.15, 0.2) is 0 Å². The second-order valence-electron chi connectivity index (χ2n) is 5.40. The molecular weight excluding hydrogens is 252 g/mol. The van der Waals surface area contributed by atoms with Crippen molar-refractivity contribution < 1.29 is 0 Å². The van der Waals surface area contributed by atoms with E-state index < -0.39 is 0 Å². The van der Waals surface area contributed by atoms with Gasteiger partial charge in [-0.15, -0.1) is 0 Å². The summed E-state index contributed by atoms with van der Waals surface area (Å²) < 4.78 is 0. The zero-order chi connectivity index (χ0) is 15.1. The quantitative estimate of drug-likeness (QED) is 0.216. The molecule has 122 valence electrons. The molecule has 0 bridgehead atoms. The summed E-state index contributed by atoms with van der Waals surface area (Å²) in [6.07, 6.45) is 6.22. The highest BCUT2D eigenvalue weighted by molar-refractivity contribution is 4.77. The molecule has 0 rings (SSSR count). The van der Waals surface area contributed by atoms with Crippen LogP contribution in [0.3, 0.4) is 0 Å². The molecule has 0 saturated carbocycles. The first-order valence-corrected chi connectivity index (χ1v) is 8.05. The van der Waals surface area contributed by atoms with Gasteiger partial charge in [0.05, 0.1) is 0 Å². The number of hydrogen-bond acceptors (Lipinski definition) is 6. The van der Waals surface area contributed by atoms with Crippen LogP contribution in [0.1, 0.15) is 38.5 Å². The van der Waals surface area contributed by atoms with E-state index >= 15 is 0 Å². The van der Waals surface area contributed by atoms with Crippen molar-refractivity contribution >= 4 is 0 Å². The van der Waals surface area contributed by atoms with Gasteiger partial charge >= 0.3 is 0 Å². The highest BCUT2D eigenvalue weighted by atomic mass is 14.9. The fraction of sp³-hybridized carbons (Fsp3) is 1.00. The van der Waals surface area contributed by atoms with Crippen molar-refractivity contribution in [3.8, 4) is 0 Å². The Morgan fingerprint density at radius 3 is 1.85 bits per heavy atom. The molecule has 20 heavy (non-hydrogen) atoms. The zero-order valence-corrected chi connectivity index (χ0v) is 12.9. The lowest BCUT2D eigenvalue weighted by molar-refractivity contribution is 0.440. The first-order valence-electron chi connectivity index (χ1n) is 8.05. The van der Waals surface area contributed by atoms with E-state index in [4.69, 9.17) is 22.9 Å². The average Bonchev–Trinajstić information content (AvgIpc) is 2.45. The van der Waals surface area contributed by atoms with Gasteiger partial charge in [-0.2, -0.15) is 0 Å². The third-order valence-electron chi connectivity index (χ3n) is 3.46. The Hall–Kier alpha value is -0.240. The minimum Gasteiger partial charge on any atom is -0.330 e. The predicted molar refractivity (Wildman–Crippen MR) is 87.5 cm³/mol. The van der Waals surface area contributed by atoms with Gasteiger partial charge in [0.2, 0.25) is 0 Å². The Morgan fingerprint density at radius 1 is 0.600 bits per heavy atom. The van der Waals surface area contributed by atoms with Crippen molar-refractivity contribution in [1.82, 2.24) is 10.6 Å². The fourth-order valence-corrected chi connectivity index (χ4v) is 2.03. The van der Waals surface area contributed by atoms with Crippen LogP contribution in [0, 0.1) is 0 Å². The summed E-state index contributed by atoms with van der Waals surface area (Å²) in [5.74, 6) is 0. The molecule has 0 heterocycles. The maximum atomic E-state index is 6.10. The van der Waals surface area contributed by atoms with E-state index in [0.717, 1.165) is 77.8 Å². The SMILES string of the molecule is NCCCCNCCC(N)C(N)CCCNCCCN. The van der Waals surface area contributed by atoms with E-state index in [0.29, 0.717) is 0 Å². The second-order valence-corrected chi connectivity index (χ2v) is 5.40. The van der Waals surface area contributed by atoms with E-state index in [1.807, 2.05) is 0 Å². The Morgan fingerprint density at radius 2 is 1.15 bits per heavy atom. The highest BCUT2D eigenvalue weighted by Crippen LogP contribution is 2.01. The number of unbranched alkanes of at least 4 members (excludes halogenated alkanes) is 1. The van der Waals surface area contributed by atoms with E-state index in [1.165, 1.54) is 0 Å². The van der Waals surface area contributed by atoms with Crippen LogP contribution in [0.2, 0.25) is 0 Å². The Balaban J connectivity index is 3.35. The van der Waals surface area contributed by atoms with E-state index in [2.05, 4.69) is 10.6 Å². The largest absolute Gasteiger partial charge is 0.330 e. The fourth-order valence-electron chi connectivity index (χ4n) is 2.03. The molecule has 0 aromatic heterocycles. The molecule has 6 heteroatoms. The number of nitrogens with two attached hydrogens (primary N) is 4. The van der Waals surface area contributed by atoms with Crippen molar-refractivity contribution in [2.45, 2.75) is 50.6 Å². The summed E-state index contributed by atoms with van der Waals surface area (Å²) in [6, 6.07) is 0.179. The van der Waals surface area contributed by atoms with Crippen LogP contribution >= 0.6 is 0 Å². The minimum atomic E-state index is 0.0843. The Bertz CT molecular complexity index is 171. The summed E-state index contributed by atoms with van der Waals surface area (Å²) in [5.41, 5.74) is 23.1. The highest BCUT2D eigenvalue weighted by Gasteiger charge is 2.12. The summed E-state index contributed by atoms with van der Waals surface area (Å²) in [6.45, 7) is 5.46. The molecule has 0 fully saturated rings. The van der Waals surface area contributed by atoms with Crippen LogP contribution in [0.25, 0.3) is 0 Å². The third kappa shape index (κ3) is 12.8. The van der Waals surface area contributed by atoms with Gasteiger partial charge in [-0.25, -0.2) is 0 Å². The van der Waals surface area contributed by atoms with Gasteiger partial charge in [0.25, 0.3) is 0 Å². The third-order valence-corrected chi connectivity index (χ3v) is 3.46. The zero-order valence-electron chi connectivity index (χ0n) is 12.9. The van der Waals surface area contributed by atoms with Gasteiger partial charge in [-0.05, 0) is 77.8 Å². The summed E-state index contributed by atoms with van der Waals surface area (Å²) >= 11 is 0. The van der Waals surface area contributed by atoms with Gasteiger partial charge in [-0.3, -0.25) is 0 Å². The molecule has 0 amide bonds. The molecule has 0 aliphatic rings. The topological polar surface area (TPSA) is 128 Å². The monoisotopic (exact) mass is 288 g/mol. The molecule has 0 aliphatic carbocycles. The van der Waals surface area contributed by atoms with Crippen LogP contribution in [0.4, 0.5) is 0 Å². The van der Waals surface area contributed by atoms with Crippen LogP contribution in [-0.4, -0.2) is 51.4 Å². The van der Waals surface area contributed by atoms with Crippen molar-refractivity contribution in [2.75, 3.05) is 39.3 Å². The van der Waals surface area contributed by atoms with Crippen LogP contribution < -0.4 is 33.6 Å². The van der Waals surface area contributed by atoms with Gasteiger partial charge < -0.3 is 33.6 Å². The minimum absolute atomic E-state index is 0.0843. The number of rotatable bonds is 15. The molecule has 2 unspecified atom stereocenters. The molecule has 0 saturated heterocycles. The summed E-state index contributed by atoms with van der Waals surface area (Å²) in [7, 11) is 0.